The maximum Gasteiger partial charge on any atom is 0.278 e. The molecule has 8 nitrogen and oxygen atoms in total. The van der Waals surface area contributed by atoms with Gasteiger partial charge in [0.1, 0.15) is 16.3 Å². The van der Waals surface area contributed by atoms with Crippen LogP contribution in [0.5, 0.6) is 5.75 Å². The van der Waals surface area contributed by atoms with Gasteiger partial charge in [0.25, 0.3) is 5.56 Å². The third kappa shape index (κ3) is 5.83. The van der Waals surface area contributed by atoms with Gasteiger partial charge in [0.05, 0.1) is 30.7 Å². The summed E-state index contributed by atoms with van der Waals surface area (Å²) in [6, 6.07) is 12.7. The first-order chi connectivity index (χ1) is 18.4. The minimum atomic E-state index is -0.418. The zero-order chi connectivity index (χ0) is 26.6. The smallest absolute Gasteiger partial charge is 0.278 e. The Balaban J connectivity index is 1.46. The van der Waals surface area contributed by atoms with E-state index in [1.165, 1.54) is 40.2 Å². The van der Waals surface area contributed by atoms with Gasteiger partial charge in [-0.15, -0.1) is 0 Å². The number of rotatable bonds is 9. The zero-order valence-electron chi connectivity index (χ0n) is 20.5. The van der Waals surface area contributed by atoms with Crippen LogP contribution >= 0.6 is 35.3 Å². The van der Waals surface area contributed by atoms with Crippen molar-refractivity contribution in [2.75, 3.05) is 24.3 Å². The van der Waals surface area contributed by atoms with E-state index in [9.17, 15) is 14.0 Å². The first-order valence-electron chi connectivity index (χ1n) is 12.1. The van der Waals surface area contributed by atoms with Crippen LogP contribution in [0, 0.1) is 9.77 Å². The van der Waals surface area contributed by atoms with Gasteiger partial charge in [-0.25, -0.2) is 9.37 Å². The summed E-state index contributed by atoms with van der Waals surface area (Å²) < 4.78 is 29.0. The molecule has 1 aliphatic heterocycles. The number of aromatic nitrogens is 3. The number of carbonyl (C=O) groups is 1. The first-order valence-corrected chi connectivity index (χ1v) is 14.3. The van der Waals surface area contributed by atoms with Crippen LogP contribution in [0.25, 0.3) is 16.0 Å². The molecule has 198 valence electrons. The van der Waals surface area contributed by atoms with Crippen LogP contribution in [0.1, 0.15) is 19.8 Å². The van der Waals surface area contributed by atoms with Crippen molar-refractivity contribution in [3.05, 3.63) is 68.7 Å². The lowest BCUT2D eigenvalue weighted by Gasteiger charge is -2.14. The Morgan fingerprint density at radius 1 is 1.26 bits per heavy atom. The molecule has 1 unspecified atom stereocenters. The minimum Gasteiger partial charge on any atom is -0.494 e. The van der Waals surface area contributed by atoms with Crippen LogP contribution in [-0.4, -0.2) is 45.1 Å². The largest absolute Gasteiger partial charge is 0.494 e. The molecule has 1 aliphatic rings. The molecule has 1 atom stereocenters. The molecule has 38 heavy (non-hydrogen) atoms. The SMILES string of the molecule is CCOc1ccc(NC(=O)CSc2nc3c(sc(=S)n3CC3CCCO3)c(=O)n2-c2ccc(F)cc2)cc1. The van der Waals surface area contributed by atoms with E-state index in [0.29, 0.717) is 56.3 Å². The molecule has 5 rings (SSSR count). The van der Waals surface area contributed by atoms with E-state index in [2.05, 4.69) is 5.32 Å². The van der Waals surface area contributed by atoms with Crippen LogP contribution in [0.3, 0.4) is 0 Å². The molecule has 1 amide bonds. The average molecular weight is 573 g/mol. The van der Waals surface area contributed by atoms with Crippen LogP contribution in [0.2, 0.25) is 0 Å². The van der Waals surface area contributed by atoms with Crippen molar-refractivity contribution >= 4 is 57.3 Å². The molecule has 0 bridgehead atoms. The number of thioether (sulfide) groups is 1. The fourth-order valence-corrected chi connectivity index (χ4v) is 6.26. The number of hydrogen-bond donors (Lipinski definition) is 1. The number of ether oxygens (including phenoxy) is 2. The predicted octanol–water partition coefficient (Wildman–Crippen LogP) is 5.43. The molecule has 2 aromatic heterocycles. The lowest BCUT2D eigenvalue weighted by molar-refractivity contribution is -0.113. The number of halogens is 1. The van der Waals surface area contributed by atoms with E-state index in [0.717, 1.165) is 24.6 Å². The number of nitrogens with zero attached hydrogens (tertiary/aromatic N) is 3. The molecule has 3 heterocycles. The number of thiazole rings is 1. The van der Waals surface area contributed by atoms with E-state index in [1.54, 1.807) is 24.3 Å². The van der Waals surface area contributed by atoms with Crippen LogP contribution in [0.15, 0.2) is 58.5 Å². The number of amides is 1. The summed E-state index contributed by atoms with van der Waals surface area (Å²) in [5, 5.41) is 3.16. The lowest BCUT2D eigenvalue weighted by atomic mass is 10.2. The van der Waals surface area contributed by atoms with Crippen molar-refractivity contribution in [3.63, 3.8) is 0 Å². The Hall–Kier alpha value is -3.06. The maximum atomic E-state index is 13.7. The molecule has 0 radical (unpaired) electrons. The first kappa shape index (κ1) is 26.5. The van der Waals surface area contributed by atoms with Gasteiger partial charge in [-0.2, -0.15) is 0 Å². The average Bonchev–Trinajstić information content (AvgIpc) is 3.53. The van der Waals surface area contributed by atoms with Crippen molar-refractivity contribution < 1.29 is 18.7 Å². The third-order valence-corrected chi connectivity index (χ3v) is 8.30. The van der Waals surface area contributed by atoms with E-state index in [-0.39, 0.29) is 23.3 Å². The lowest BCUT2D eigenvalue weighted by Crippen LogP contribution is -2.23. The van der Waals surface area contributed by atoms with Gasteiger partial charge in [-0.05, 0) is 80.5 Å². The van der Waals surface area contributed by atoms with Gasteiger partial charge in [-0.3, -0.25) is 14.2 Å². The fourth-order valence-electron chi connectivity index (χ4n) is 4.17. The van der Waals surface area contributed by atoms with Crippen molar-refractivity contribution in [1.82, 2.24) is 14.1 Å². The molecule has 1 fully saturated rings. The van der Waals surface area contributed by atoms with E-state index in [1.807, 2.05) is 11.5 Å². The molecule has 2 aromatic carbocycles. The fraction of sp³-hybridized carbons (Fsp3) is 0.308. The Labute approximate surface area is 231 Å². The van der Waals surface area contributed by atoms with Crippen molar-refractivity contribution in [2.45, 2.75) is 37.6 Å². The molecule has 0 spiro atoms. The molecule has 0 aliphatic carbocycles. The second-order valence-electron chi connectivity index (χ2n) is 8.57. The molecular formula is C26H25FN4O4S3. The van der Waals surface area contributed by atoms with Gasteiger partial charge in [0.2, 0.25) is 5.91 Å². The summed E-state index contributed by atoms with van der Waals surface area (Å²) in [4.78, 5) is 31.3. The minimum absolute atomic E-state index is 0.00293. The summed E-state index contributed by atoms with van der Waals surface area (Å²) in [7, 11) is 0. The normalized spacial score (nSPS) is 15.2. The highest BCUT2D eigenvalue weighted by molar-refractivity contribution is 7.99. The molecule has 4 aromatic rings. The van der Waals surface area contributed by atoms with Gasteiger partial charge >= 0.3 is 0 Å². The summed E-state index contributed by atoms with van der Waals surface area (Å²) in [6.45, 7) is 3.67. The highest BCUT2D eigenvalue weighted by atomic mass is 32.2. The van der Waals surface area contributed by atoms with Crippen molar-refractivity contribution in [1.29, 1.82) is 0 Å². The van der Waals surface area contributed by atoms with Crippen LogP contribution in [0.4, 0.5) is 10.1 Å². The summed E-state index contributed by atoms with van der Waals surface area (Å²) in [6.07, 6.45) is 1.91. The Morgan fingerprint density at radius 2 is 2.03 bits per heavy atom. The third-order valence-electron chi connectivity index (χ3n) is 5.94. The van der Waals surface area contributed by atoms with Crippen molar-refractivity contribution in [2.24, 2.45) is 0 Å². The number of carbonyl (C=O) groups excluding carboxylic acids is 1. The highest BCUT2D eigenvalue weighted by Crippen LogP contribution is 2.27. The van der Waals surface area contributed by atoms with Gasteiger partial charge in [0, 0.05) is 12.3 Å². The molecule has 0 saturated carbocycles. The van der Waals surface area contributed by atoms with E-state index >= 15 is 0 Å². The van der Waals surface area contributed by atoms with Gasteiger partial charge < -0.3 is 19.4 Å². The number of fused-ring (bicyclic) bond motifs is 1. The van der Waals surface area contributed by atoms with E-state index in [4.69, 9.17) is 26.7 Å². The number of anilines is 1. The molecule has 1 saturated heterocycles. The molecular weight excluding hydrogens is 548 g/mol. The standard InChI is InChI=1S/C26H25FN4O4S3/c1-2-34-19-11-7-17(8-12-19)28-21(32)15-37-25-29-23-22(24(33)31(25)18-9-5-16(27)6-10-18)38-26(36)30(23)14-20-4-3-13-35-20/h5-12,20H,2-4,13-15H2,1H3,(H,28,32). The summed E-state index contributed by atoms with van der Waals surface area (Å²) >= 11 is 7.90. The van der Waals surface area contributed by atoms with Gasteiger partial charge in [0.15, 0.2) is 14.8 Å². The molecule has 1 N–H and O–H groups in total. The van der Waals surface area contributed by atoms with Gasteiger partial charge in [-0.1, -0.05) is 23.1 Å². The number of nitrogens with one attached hydrogen (secondary N) is 1. The highest BCUT2D eigenvalue weighted by Gasteiger charge is 2.22. The Morgan fingerprint density at radius 3 is 2.71 bits per heavy atom. The molecule has 12 heteroatoms. The second kappa shape index (κ2) is 11.8. The summed E-state index contributed by atoms with van der Waals surface area (Å²) in [5.41, 5.74) is 1.22. The monoisotopic (exact) mass is 572 g/mol. The predicted molar refractivity (Wildman–Crippen MR) is 150 cm³/mol. The zero-order valence-corrected chi connectivity index (χ0v) is 23.0. The van der Waals surface area contributed by atoms with Crippen molar-refractivity contribution in [3.8, 4) is 11.4 Å². The number of benzene rings is 2. The summed E-state index contributed by atoms with van der Waals surface area (Å²) in [5.74, 6) is 0.0378. The van der Waals surface area contributed by atoms with Crippen LogP contribution in [-0.2, 0) is 16.1 Å². The Bertz CT molecular complexity index is 1560. The quantitative estimate of drug-likeness (QED) is 0.163. The van der Waals surface area contributed by atoms with E-state index < -0.39 is 5.82 Å². The topological polar surface area (TPSA) is 87.4 Å². The second-order valence-corrected chi connectivity index (χ2v) is 11.2. The Kier molecular flexibility index (Phi) is 8.22. The number of hydrogen-bond acceptors (Lipinski definition) is 8. The van der Waals surface area contributed by atoms with Crippen LogP contribution < -0.4 is 15.6 Å². The maximum absolute atomic E-state index is 13.7.